The lowest BCUT2D eigenvalue weighted by Gasteiger charge is -2.63. The molecule has 5 rings (SSSR count). The van der Waals surface area contributed by atoms with Gasteiger partial charge in [-0.1, -0.05) is 18.2 Å². The normalized spacial score (nSPS) is 24.2. The highest BCUT2D eigenvalue weighted by atomic mass is 19.1. The number of hydrogen-bond acceptors (Lipinski definition) is 5. The molecule has 0 radical (unpaired) electrons. The van der Waals surface area contributed by atoms with Gasteiger partial charge < -0.3 is 9.64 Å². The highest BCUT2D eigenvalue weighted by Crippen LogP contribution is 2.36. The molecule has 1 amide bonds. The molecule has 152 valence electrons. The predicted molar refractivity (Wildman–Crippen MR) is 106 cm³/mol. The van der Waals surface area contributed by atoms with E-state index in [0.717, 1.165) is 32.8 Å². The van der Waals surface area contributed by atoms with Crippen molar-refractivity contribution >= 4 is 5.91 Å². The number of likely N-dealkylation sites (tertiary alicyclic amines) is 1. The van der Waals surface area contributed by atoms with E-state index in [1.807, 2.05) is 17.2 Å². The molecular weight excluding hydrogens is 371 g/mol. The second kappa shape index (κ2) is 7.48. The lowest BCUT2D eigenvalue weighted by Crippen LogP contribution is -2.80. The summed E-state index contributed by atoms with van der Waals surface area (Å²) in [5.74, 6) is -0.681. The number of piperazine rings is 1. The van der Waals surface area contributed by atoms with Crippen molar-refractivity contribution in [3.63, 3.8) is 0 Å². The van der Waals surface area contributed by atoms with Crippen LogP contribution in [0.5, 0.6) is 0 Å². The summed E-state index contributed by atoms with van der Waals surface area (Å²) < 4.78 is 19.9. The van der Waals surface area contributed by atoms with Crippen molar-refractivity contribution in [3.8, 4) is 0 Å². The number of ether oxygens (including phenoxy) is 1. The quantitative estimate of drug-likeness (QED) is 0.789. The van der Waals surface area contributed by atoms with Crippen molar-refractivity contribution < 1.29 is 13.9 Å². The third-order valence-electron chi connectivity index (χ3n) is 6.31. The Morgan fingerprint density at radius 2 is 2.07 bits per heavy atom. The van der Waals surface area contributed by atoms with Crippen LogP contribution in [0.3, 0.4) is 0 Å². The van der Waals surface area contributed by atoms with E-state index in [0.29, 0.717) is 19.7 Å². The standard InChI is InChI=1S/C22H25FN4O2/c23-20-6-2-1-5-19(20)21(28)26-12-18-13-29-9-8-27(18)22(16-26)14-25(15-22)11-17-4-3-7-24-10-17/h1-7,10,18H,8-9,11-16H2. The number of aromatic nitrogens is 1. The summed E-state index contributed by atoms with van der Waals surface area (Å²) in [4.78, 5) is 24.0. The Labute approximate surface area is 169 Å². The van der Waals surface area contributed by atoms with Gasteiger partial charge in [0.05, 0.1) is 30.4 Å². The van der Waals surface area contributed by atoms with Gasteiger partial charge in [0.1, 0.15) is 5.82 Å². The van der Waals surface area contributed by atoms with Crippen molar-refractivity contribution in [1.29, 1.82) is 0 Å². The van der Waals surface area contributed by atoms with E-state index in [1.54, 1.807) is 24.4 Å². The predicted octanol–water partition coefficient (Wildman–Crippen LogP) is 1.63. The van der Waals surface area contributed by atoms with Gasteiger partial charge in [-0.05, 0) is 23.8 Å². The molecule has 1 aromatic carbocycles. The van der Waals surface area contributed by atoms with Crippen LogP contribution in [0.4, 0.5) is 4.39 Å². The highest BCUT2D eigenvalue weighted by Gasteiger charge is 2.54. The van der Waals surface area contributed by atoms with Crippen LogP contribution in [-0.4, -0.2) is 83.1 Å². The molecule has 0 bridgehead atoms. The third-order valence-corrected chi connectivity index (χ3v) is 6.31. The topological polar surface area (TPSA) is 48.9 Å². The highest BCUT2D eigenvalue weighted by molar-refractivity contribution is 5.94. The van der Waals surface area contributed by atoms with Gasteiger partial charge in [0.25, 0.3) is 5.91 Å². The van der Waals surface area contributed by atoms with E-state index < -0.39 is 5.82 Å². The van der Waals surface area contributed by atoms with Crippen molar-refractivity contribution in [2.75, 3.05) is 45.9 Å². The van der Waals surface area contributed by atoms with Crippen LogP contribution in [0.15, 0.2) is 48.8 Å². The van der Waals surface area contributed by atoms with Crippen LogP contribution in [0, 0.1) is 5.82 Å². The fourth-order valence-electron chi connectivity index (χ4n) is 5.08. The van der Waals surface area contributed by atoms with Gasteiger partial charge in [0.2, 0.25) is 0 Å². The van der Waals surface area contributed by atoms with Gasteiger partial charge in [0.15, 0.2) is 0 Å². The maximum Gasteiger partial charge on any atom is 0.256 e. The van der Waals surface area contributed by atoms with Crippen LogP contribution in [0.2, 0.25) is 0 Å². The third kappa shape index (κ3) is 3.43. The Bertz CT molecular complexity index is 887. The molecule has 29 heavy (non-hydrogen) atoms. The van der Waals surface area contributed by atoms with Crippen LogP contribution in [-0.2, 0) is 11.3 Å². The Morgan fingerprint density at radius 1 is 1.21 bits per heavy atom. The molecule has 0 saturated carbocycles. The van der Waals surface area contributed by atoms with E-state index in [9.17, 15) is 9.18 Å². The van der Waals surface area contributed by atoms with E-state index in [2.05, 4.69) is 20.9 Å². The smallest absolute Gasteiger partial charge is 0.256 e. The molecule has 3 saturated heterocycles. The molecule has 1 spiro atoms. The van der Waals surface area contributed by atoms with Crippen molar-refractivity contribution in [3.05, 3.63) is 65.7 Å². The first-order chi connectivity index (χ1) is 14.1. The average molecular weight is 396 g/mol. The van der Waals surface area contributed by atoms with Gasteiger partial charge in [-0.25, -0.2) is 4.39 Å². The number of fused-ring (bicyclic) bond motifs is 2. The zero-order valence-corrected chi connectivity index (χ0v) is 16.3. The maximum absolute atomic E-state index is 14.2. The molecule has 3 aliphatic rings. The molecule has 0 N–H and O–H groups in total. The summed E-state index contributed by atoms with van der Waals surface area (Å²) in [5, 5.41) is 0. The Hall–Kier alpha value is -2.35. The number of rotatable bonds is 3. The number of morpholine rings is 1. The molecule has 1 unspecified atom stereocenters. The molecule has 3 fully saturated rings. The van der Waals surface area contributed by atoms with Gasteiger partial charge in [-0.3, -0.25) is 19.6 Å². The Morgan fingerprint density at radius 3 is 2.86 bits per heavy atom. The van der Waals surface area contributed by atoms with Gasteiger partial charge in [-0.2, -0.15) is 0 Å². The first-order valence-electron chi connectivity index (χ1n) is 10.1. The average Bonchev–Trinajstić information content (AvgIpc) is 2.73. The van der Waals surface area contributed by atoms with E-state index in [-0.39, 0.29) is 23.1 Å². The number of halogens is 1. The summed E-state index contributed by atoms with van der Waals surface area (Å²) in [6, 6.07) is 10.5. The number of amides is 1. The van der Waals surface area contributed by atoms with Crippen LogP contribution >= 0.6 is 0 Å². The maximum atomic E-state index is 14.2. The van der Waals surface area contributed by atoms with E-state index in [4.69, 9.17) is 4.74 Å². The second-order valence-corrected chi connectivity index (χ2v) is 8.32. The first kappa shape index (κ1) is 18.7. The largest absolute Gasteiger partial charge is 0.378 e. The fraction of sp³-hybridized carbons (Fsp3) is 0.455. The first-order valence-corrected chi connectivity index (χ1v) is 10.1. The molecule has 4 heterocycles. The van der Waals surface area contributed by atoms with Crippen LogP contribution < -0.4 is 0 Å². The van der Waals surface area contributed by atoms with E-state index >= 15 is 0 Å². The lowest BCUT2D eigenvalue weighted by atomic mass is 9.82. The zero-order chi connectivity index (χ0) is 19.8. The minimum absolute atomic E-state index is 0.0875. The van der Waals surface area contributed by atoms with Crippen LogP contribution in [0.25, 0.3) is 0 Å². The van der Waals surface area contributed by atoms with E-state index in [1.165, 1.54) is 11.6 Å². The second-order valence-electron chi connectivity index (χ2n) is 8.32. The molecule has 7 heteroatoms. The zero-order valence-electron chi connectivity index (χ0n) is 16.3. The summed E-state index contributed by atoms with van der Waals surface area (Å²) in [6.07, 6.45) is 3.68. The summed E-state index contributed by atoms with van der Waals surface area (Å²) >= 11 is 0. The number of pyridine rings is 1. The molecule has 0 aliphatic carbocycles. The lowest BCUT2D eigenvalue weighted by molar-refractivity contribution is -0.160. The molecular formula is C22H25FN4O2. The molecule has 1 aromatic heterocycles. The fourth-order valence-corrected chi connectivity index (χ4v) is 5.08. The number of nitrogens with zero attached hydrogens (tertiary/aromatic N) is 4. The minimum atomic E-state index is -0.458. The van der Waals surface area contributed by atoms with Crippen LogP contribution in [0.1, 0.15) is 15.9 Å². The summed E-state index contributed by atoms with van der Waals surface area (Å²) in [7, 11) is 0. The van der Waals surface area contributed by atoms with Gasteiger partial charge in [0, 0.05) is 51.7 Å². The van der Waals surface area contributed by atoms with Gasteiger partial charge >= 0.3 is 0 Å². The number of benzene rings is 1. The van der Waals surface area contributed by atoms with Crippen molar-refractivity contribution in [2.24, 2.45) is 0 Å². The molecule has 6 nitrogen and oxygen atoms in total. The monoisotopic (exact) mass is 396 g/mol. The van der Waals surface area contributed by atoms with Crippen molar-refractivity contribution in [1.82, 2.24) is 19.7 Å². The number of carbonyl (C=O) groups is 1. The molecule has 1 atom stereocenters. The summed E-state index contributed by atoms with van der Waals surface area (Å²) in [6.45, 7) is 6.06. The number of hydrogen-bond donors (Lipinski definition) is 0. The minimum Gasteiger partial charge on any atom is -0.378 e. The summed E-state index contributed by atoms with van der Waals surface area (Å²) in [5.41, 5.74) is 1.26. The van der Waals surface area contributed by atoms with Gasteiger partial charge in [-0.15, -0.1) is 0 Å². The van der Waals surface area contributed by atoms with Crippen molar-refractivity contribution in [2.45, 2.75) is 18.1 Å². The SMILES string of the molecule is O=C(c1ccccc1F)N1CC2COCCN2C2(CN(Cc3cccnc3)C2)C1. The molecule has 2 aromatic rings. The Kier molecular flexibility index (Phi) is 4.81. The Balaban J connectivity index is 1.35. The molecule has 3 aliphatic heterocycles. The number of carbonyl (C=O) groups excluding carboxylic acids is 1.